The number of alkyl halides is 2. The minimum Gasteiger partial charge on any atom is -0.435 e. The van der Waals surface area contributed by atoms with Gasteiger partial charge in [0.2, 0.25) is 0 Å². The summed E-state index contributed by atoms with van der Waals surface area (Å²) in [6, 6.07) is 9.91. The largest absolute Gasteiger partial charge is 0.435 e. The smallest absolute Gasteiger partial charge is 0.387 e. The molecule has 3 rings (SSSR count). The zero-order chi connectivity index (χ0) is 20.6. The molecular weight excluding hydrogens is 378 g/mol. The van der Waals surface area contributed by atoms with Gasteiger partial charge in [-0.3, -0.25) is 0 Å². The number of hydrogen-bond acceptors (Lipinski definition) is 4. The van der Waals surface area contributed by atoms with E-state index in [0.29, 0.717) is 13.1 Å². The van der Waals surface area contributed by atoms with E-state index in [1.54, 1.807) is 30.3 Å². The van der Waals surface area contributed by atoms with Gasteiger partial charge >= 0.3 is 12.6 Å². The molecule has 0 unspecified atom stereocenters. The quantitative estimate of drug-likeness (QED) is 0.758. The molecular formula is C21H26F2N4O2. The molecule has 2 heterocycles. The number of nitrogens with one attached hydrogen (secondary N) is 1. The van der Waals surface area contributed by atoms with Gasteiger partial charge in [0.25, 0.3) is 0 Å². The number of urea groups is 1. The first-order chi connectivity index (χ1) is 14.0. The van der Waals surface area contributed by atoms with Gasteiger partial charge in [-0.25, -0.2) is 9.78 Å². The summed E-state index contributed by atoms with van der Waals surface area (Å²) >= 11 is 0. The first kappa shape index (κ1) is 20.8. The van der Waals surface area contributed by atoms with Crippen molar-refractivity contribution in [2.24, 2.45) is 0 Å². The van der Waals surface area contributed by atoms with E-state index in [1.807, 2.05) is 12.1 Å². The van der Waals surface area contributed by atoms with E-state index in [9.17, 15) is 13.6 Å². The maximum atomic E-state index is 12.5. The van der Waals surface area contributed by atoms with E-state index in [1.165, 1.54) is 18.6 Å². The van der Waals surface area contributed by atoms with Crippen LogP contribution in [0.15, 0.2) is 42.6 Å². The molecule has 6 nitrogen and oxygen atoms in total. The molecule has 1 aromatic heterocycles. The molecule has 156 valence electrons. The van der Waals surface area contributed by atoms with Crippen molar-refractivity contribution in [3.63, 3.8) is 0 Å². The van der Waals surface area contributed by atoms with Gasteiger partial charge < -0.3 is 19.9 Å². The molecule has 0 aliphatic carbocycles. The van der Waals surface area contributed by atoms with Crippen LogP contribution in [0.2, 0.25) is 0 Å². The summed E-state index contributed by atoms with van der Waals surface area (Å²) < 4.78 is 28.8. The second-order valence-electron chi connectivity index (χ2n) is 7.07. The summed E-state index contributed by atoms with van der Waals surface area (Å²) in [5, 5.41) is 2.93. The zero-order valence-electron chi connectivity index (χ0n) is 16.5. The maximum Gasteiger partial charge on any atom is 0.387 e. The number of hydrogen-bond donors (Lipinski definition) is 1. The van der Waals surface area contributed by atoms with Crippen LogP contribution in [0.3, 0.4) is 0 Å². The zero-order valence-corrected chi connectivity index (χ0v) is 16.5. The summed E-state index contributed by atoms with van der Waals surface area (Å²) in [5.41, 5.74) is 1.81. The van der Waals surface area contributed by atoms with Crippen LogP contribution in [-0.4, -0.2) is 42.7 Å². The third-order valence-corrected chi connectivity index (χ3v) is 4.87. The van der Waals surface area contributed by atoms with Gasteiger partial charge in [-0.1, -0.05) is 18.2 Å². The molecule has 1 aliphatic rings. The predicted molar refractivity (Wildman–Crippen MR) is 107 cm³/mol. The Kier molecular flexibility index (Phi) is 7.21. The van der Waals surface area contributed by atoms with E-state index >= 15 is 0 Å². The Hall–Kier alpha value is -2.90. The Balaban J connectivity index is 1.54. The minimum atomic E-state index is -2.85. The number of aromatic nitrogens is 1. The van der Waals surface area contributed by atoms with Gasteiger partial charge in [0.15, 0.2) is 0 Å². The number of piperidine rings is 1. The Morgan fingerprint density at radius 3 is 2.62 bits per heavy atom. The molecule has 1 aromatic carbocycles. The second kappa shape index (κ2) is 10.0. The summed E-state index contributed by atoms with van der Waals surface area (Å²) in [5.74, 6) is 1.03. The predicted octanol–water partition coefficient (Wildman–Crippen LogP) is 4.01. The number of pyridine rings is 1. The molecule has 0 radical (unpaired) electrons. The van der Waals surface area contributed by atoms with Gasteiger partial charge in [0.1, 0.15) is 11.6 Å². The Morgan fingerprint density at radius 1 is 1.21 bits per heavy atom. The lowest BCUT2D eigenvalue weighted by atomic mass is 10.1. The van der Waals surface area contributed by atoms with Gasteiger partial charge in [-0.15, -0.1) is 0 Å². The van der Waals surface area contributed by atoms with Crippen LogP contribution in [0.5, 0.6) is 5.75 Å². The van der Waals surface area contributed by atoms with Crippen LogP contribution in [0.4, 0.5) is 19.4 Å². The second-order valence-corrected chi connectivity index (χ2v) is 7.07. The van der Waals surface area contributed by atoms with E-state index in [2.05, 4.69) is 19.9 Å². The van der Waals surface area contributed by atoms with Gasteiger partial charge in [-0.2, -0.15) is 8.78 Å². The fourth-order valence-electron chi connectivity index (χ4n) is 3.39. The minimum absolute atomic E-state index is 0.0951. The van der Waals surface area contributed by atoms with Gasteiger partial charge in [0.05, 0.1) is 0 Å². The molecule has 0 bridgehead atoms. The van der Waals surface area contributed by atoms with Crippen LogP contribution in [0, 0.1) is 0 Å². The number of halogens is 2. The van der Waals surface area contributed by atoms with Gasteiger partial charge in [0, 0.05) is 45.0 Å². The van der Waals surface area contributed by atoms with Crippen molar-refractivity contribution in [3.8, 4) is 5.75 Å². The fraction of sp³-hybridized carbons (Fsp3) is 0.429. The van der Waals surface area contributed by atoms with Crippen LogP contribution in [0.1, 0.15) is 30.4 Å². The molecule has 1 N–H and O–H groups in total. The van der Waals surface area contributed by atoms with Crippen LogP contribution in [-0.2, 0) is 13.1 Å². The first-order valence-electron chi connectivity index (χ1n) is 9.74. The number of carbonyl (C=O) groups excluding carboxylic acids is 1. The molecule has 2 aromatic rings. The molecule has 0 spiro atoms. The van der Waals surface area contributed by atoms with Crippen molar-refractivity contribution in [2.45, 2.75) is 39.0 Å². The fourth-order valence-corrected chi connectivity index (χ4v) is 3.39. The molecule has 0 saturated carbocycles. The number of nitrogens with zero attached hydrogens (tertiary/aromatic N) is 3. The average Bonchev–Trinajstić information content (AvgIpc) is 2.74. The number of amides is 2. The summed E-state index contributed by atoms with van der Waals surface area (Å²) in [4.78, 5) is 20.8. The number of anilines is 1. The topological polar surface area (TPSA) is 57.7 Å². The highest BCUT2D eigenvalue weighted by molar-refractivity contribution is 5.74. The highest BCUT2D eigenvalue weighted by Crippen LogP contribution is 2.21. The Morgan fingerprint density at radius 2 is 1.93 bits per heavy atom. The van der Waals surface area contributed by atoms with Crippen LogP contribution >= 0.6 is 0 Å². The van der Waals surface area contributed by atoms with Crippen molar-refractivity contribution < 1.29 is 18.3 Å². The maximum absolute atomic E-state index is 12.5. The van der Waals surface area contributed by atoms with Crippen molar-refractivity contribution in [1.82, 2.24) is 15.2 Å². The monoisotopic (exact) mass is 404 g/mol. The van der Waals surface area contributed by atoms with Crippen LogP contribution < -0.4 is 15.0 Å². The molecule has 1 saturated heterocycles. The van der Waals surface area contributed by atoms with Gasteiger partial charge in [-0.05, 0) is 43.0 Å². The number of carbonyl (C=O) groups is 1. The number of benzene rings is 1. The van der Waals surface area contributed by atoms with E-state index < -0.39 is 6.61 Å². The lowest BCUT2D eigenvalue weighted by Gasteiger charge is -2.29. The molecule has 2 amide bonds. The van der Waals surface area contributed by atoms with Crippen molar-refractivity contribution >= 4 is 11.8 Å². The Bertz CT molecular complexity index is 796. The van der Waals surface area contributed by atoms with E-state index in [-0.39, 0.29) is 11.8 Å². The Labute approximate surface area is 169 Å². The van der Waals surface area contributed by atoms with E-state index in [4.69, 9.17) is 0 Å². The summed E-state index contributed by atoms with van der Waals surface area (Å²) in [6.07, 6.45) is 5.34. The van der Waals surface area contributed by atoms with E-state index in [0.717, 1.165) is 42.9 Å². The molecule has 0 atom stereocenters. The third kappa shape index (κ3) is 6.04. The summed E-state index contributed by atoms with van der Waals surface area (Å²) in [6.45, 7) is -0.125. The highest BCUT2D eigenvalue weighted by atomic mass is 19.3. The van der Waals surface area contributed by atoms with Crippen molar-refractivity contribution in [1.29, 1.82) is 0 Å². The SMILES string of the molecule is CN(Cc1ccc(OC(F)F)cc1)C(=O)NCc1cccnc1N1CCCCC1. The lowest BCUT2D eigenvalue weighted by Crippen LogP contribution is -2.37. The lowest BCUT2D eigenvalue weighted by molar-refractivity contribution is -0.0498. The molecule has 1 fully saturated rings. The standard InChI is InChI=1S/C21H26F2N4O2/c1-26(15-16-7-9-18(10-8-16)29-20(22)23)21(28)25-14-17-6-5-11-24-19(17)27-12-3-2-4-13-27/h5-11,20H,2-4,12-15H2,1H3,(H,25,28). The highest BCUT2D eigenvalue weighted by Gasteiger charge is 2.16. The number of ether oxygens (including phenoxy) is 1. The summed E-state index contributed by atoms with van der Waals surface area (Å²) in [7, 11) is 1.69. The average molecular weight is 404 g/mol. The molecule has 8 heteroatoms. The number of rotatable bonds is 7. The normalized spacial score (nSPS) is 14.0. The first-order valence-corrected chi connectivity index (χ1v) is 9.74. The van der Waals surface area contributed by atoms with Crippen molar-refractivity contribution in [3.05, 3.63) is 53.7 Å². The van der Waals surface area contributed by atoms with Crippen LogP contribution in [0.25, 0.3) is 0 Å². The molecule has 1 aliphatic heterocycles. The molecule has 29 heavy (non-hydrogen) atoms. The third-order valence-electron chi connectivity index (χ3n) is 4.87. The van der Waals surface area contributed by atoms with Crippen molar-refractivity contribution in [2.75, 3.05) is 25.0 Å².